The maximum Gasteiger partial charge on any atom is 0.0722 e. The molecule has 2 N–H and O–H groups in total. The lowest BCUT2D eigenvalue weighted by atomic mass is 10.0. The number of nitrogens with two attached hydrogens (primary N) is 1. The SMILES string of the molecule is Cc1cccc(C)c1COCC1(N)CCCC1. The number of ether oxygens (including phenoxy) is 1. The van der Waals surface area contributed by atoms with E-state index in [9.17, 15) is 0 Å². The second-order valence-corrected chi connectivity index (χ2v) is 5.43. The Morgan fingerprint density at radius 1 is 1.18 bits per heavy atom. The fourth-order valence-corrected chi connectivity index (χ4v) is 2.66. The van der Waals surface area contributed by atoms with Crippen LogP contribution < -0.4 is 5.73 Å². The zero-order valence-corrected chi connectivity index (χ0v) is 11.0. The molecule has 0 atom stereocenters. The smallest absolute Gasteiger partial charge is 0.0722 e. The summed E-state index contributed by atoms with van der Waals surface area (Å²) in [5.74, 6) is 0. The third kappa shape index (κ3) is 3.08. The van der Waals surface area contributed by atoms with Crippen molar-refractivity contribution in [1.29, 1.82) is 0 Å². The Balaban J connectivity index is 1.90. The fourth-order valence-electron chi connectivity index (χ4n) is 2.66. The average Bonchev–Trinajstić information content (AvgIpc) is 2.70. The van der Waals surface area contributed by atoms with E-state index in [-0.39, 0.29) is 5.54 Å². The number of rotatable bonds is 4. The first-order valence-electron chi connectivity index (χ1n) is 6.52. The van der Waals surface area contributed by atoms with Crippen molar-refractivity contribution in [2.75, 3.05) is 6.61 Å². The maximum atomic E-state index is 6.27. The molecule has 0 saturated heterocycles. The van der Waals surface area contributed by atoms with Gasteiger partial charge in [0.15, 0.2) is 0 Å². The lowest BCUT2D eigenvalue weighted by molar-refractivity contribution is 0.0745. The Labute approximate surface area is 104 Å². The molecule has 0 bridgehead atoms. The first kappa shape index (κ1) is 12.6. The van der Waals surface area contributed by atoms with Gasteiger partial charge in [-0.3, -0.25) is 0 Å². The molecule has 2 nitrogen and oxygen atoms in total. The van der Waals surface area contributed by atoms with Crippen LogP contribution in [0.3, 0.4) is 0 Å². The van der Waals surface area contributed by atoms with Gasteiger partial charge < -0.3 is 10.5 Å². The summed E-state index contributed by atoms with van der Waals surface area (Å²) in [6.07, 6.45) is 4.73. The minimum absolute atomic E-state index is 0.0589. The molecule has 1 aliphatic carbocycles. The van der Waals surface area contributed by atoms with Crippen LogP contribution in [0.5, 0.6) is 0 Å². The zero-order chi connectivity index (χ0) is 12.3. The summed E-state index contributed by atoms with van der Waals surface area (Å²) < 4.78 is 5.84. The molecule has 1 saturated carbocycles. The summed E-state index contributed by atoms with van der Waals surface area (Å²) >= 11 is 0. The summed E-state index contributed by atoms with van der Waals surface area (Å²) in [6.45, 7) is 5.66. The summed E-state index contributed by atoms with van der Waals surface area (Å²) in [6, 6.07) is 6.37. The number of aryl methyl sites for hydroxylation is 2. The van der Waals surface area contributed by atoms with Crippen LogP contribution in [0.2, 0.25) is 0 Å². The molecular formula is C15H23NO. The van der Waals surface area contributed by atoms with Gasteiger partial charge in [0.2, 0.25) is 0 Å². The van der Waals surface area contributed by atoms with Gasteiger partial charge in [0.1, 0.15) is 0 Å². The second-order valence-electron chi connectivity index (χ2n) is 5.43. The molecule has 17 heavy (non-hydrogen) atoms. The molecule has 1 fully saturated rings. The van der Waals surface area contributed by atoms with Crippen molar-refractivity contribution in [2.45, 2.75) is 51.7 Å². The van der Waals surface area contributed by atoms with E-state index in [1.54, 1.807) is 0 Å². The summed E-state index contributed by atoms with van der Waals surface area (Å²) in [5, 5.41) is 0. The van der Waals surface area contributed by atoms with Crippen LogP contribution in [-0.2, 0) is 11.3 Å². The first-order chi connectivity index (χ1) is 8.11. The average molecular weight is 233 g/mol. The lowest BCUT2D eigenvalue weighted by Crippen LogP contribution is -2.41. The van der Waals surface area contributed by atoms with Crippen molar-refractivity contribution in [3.8, 4) is 0 Å². The van der Waals surface area contributed by atoms with Crippen molar-refractivity contribution < 1.29 is 4.74 Å². The van der Waals surface area contributed by atoms with Gasteiger partial charge in [-0.2, -0.15) is 0 Å². The molecule has 0 aromatic heterocycles. The van der Waals surface area contributed by atoms with Crippen molar-refractivity contribution in [3.05, 3.63) is 34.9 Å². The Kier molecular flexibility index (Phi) is 3.85. The van der Waals surface area contributed by atoms with Crippen molar-refractivity contribution in [2.24, 2.45) is 5.73 Å². The quantitative estimate of drug-likeness (QED) is 0.867. The van der Waals surface area contributed by atoms with E-state index in [2.05, 4.69) is 32.0 Å². The van der Waals surface area contributed by atoms with Crippen LogP contribution >= 0.6 is 0 Å². The Hall–Kier alpha value is -0.860. The molecule has 94 valence electrons. The zero-order valence-electron chi connectivity index (χ0n) is 11.0. The third-order valence-corrected chi connectivity index (χ3v) is 3.88. The van der Waals surface area contributed by atoms with Crippen molar-refractivity contribution in [3.63, 3.8) is 0 Å². The molecule has 2 rings (SSSR count). The third-order valence-electron chi connectivity index (χ3n) is 3.88. The van der Waals surface area contributed by atoms with Gasteiger partial charge in [-0.1, -0.05) is 31.0 Å². The molecule has 0 aliphatic heterocycles. The van der Waals surface area contributed by atoms with Crippen LogP contribution in [0.4, 0.5) is 0 Å². The predicted molar refractivity (Wildman–Crippen MR) is 71.0 cm³/mol. The largest absolute Gasteiger partial charge is 0.375 e. The molecule has 1 aliphatic rings. The van der Waals surface area contributed by atoms with E-state index < -0.39 is 0 Å². The summed E-state index contributed by atoms with van der Waals surface area (Å²) in [7, 11) is 0. The normalized spacial score (nSPS) is 18.5. The summed E-state index contributed by atoms with van der Waals surface area (Å²) in [4.78, 5) is 0. The van der Waals surface area contributed by atoms with E-state index in [1.807, 2.05) is 0 Å². The molecule has 0 radical (unpaired) electrons. The molecule has 1 aromatic rings. The molecule has 0 heterocycles. The van der Waals surface area contributed by atoms with Crippen molar-refractivity contribution >= 4 is 0 Å². The van der Waals surface area contributed by atoms with Crippen molar-refractivity contribution in [1.82, 2.24) is 0 Å². The highest BCUT2D eigenvalue weighted by molar-refractivity contribution is 5.32. The predicted octanol–water partition coefficient (Wildman–Crippen LogP) is 3.09. The van der Waals surface area contributed by atoms with Gasteiger partial charge in [0.05, 0.1) is 13.2 Å². The Morgan fingerprint density at radius 2 is 1.76 bits per heavy atom. The maximum absolute atomic E-state index is 6.27. The molecule has 0 unspecified atom stereocenters. The van der Waals surface area contributed by atoms with Gasteiger partial charge in [-0.05, 0) is 43.4 Å². The second kappa shape index (κ2) is 5.19. The van der Waals surface area contributed by atoms with E-state index in [0.29, 0.717) is 13.2 Å². The number of hydrogen-bond acceptors (Lipinski definition) is 2. The Morgan fingerprint density at radius 3 is 2.35 bits per heavy atom. The highest BCUT2D eigenvalue weighted by atomic mass is 16.5. The standard InChI is InChI=1S/C15H23NO/c1-12-6-5-7-13(2)14(12)10-17-11-15(16)8-3-4-9-15/h5-7H,3-4,8-11,16H2,1-2H3. The van der Waals surface area contributed by atoms with E-state index >= 15 is 0 Å². The van der Waals surface area contributed by atoms with Gasteiger partial charge >= 0.3 is 0 Å². The van der Waals surface area contributed by atoms with Gasteiger partial charge in [-0.15, -0.1) is 0 Å². The van der Waals surface area contributed by atoms with Crippen LogP contribution in [0.15, 0.2) is 18.2 Å². The summed E-state index contributed by atoms with van der Waals surface area (Å²) in [5.41, 5.74) is 10.1. The lowest BCUT2D eigenvalue weighted by Gasteiger charge is -2.23. The molecule has 2 heteroatoms. The number of benzene rings is 1. The first-order valence-corrected chi connectivity index (χ1v) is 6.52. The topological polar surface area (TPSA) is 35.2 Å². The van der Waals surface area contributed by atoms with E-state index in [4.69, 9.17) is 10.5 Å². The molecular weight excluding hydrogens is 210 g/mol. The highest BCUT2D eigenvalue weighted by Crippen LogP contribution is 2.27. The monoisotopic (exact) mass is 233 g/mol. The van der Waals surface area contributed by atoms with Gasteiger partial charge in [-0.25, -0.2) is 0 Å². The number of hydrogen-bond donors (Lipinski definition) is 1. The van der Waals surface area contributed by atoms with Crippen LogP contribution in [-0.4, -0.2) is 12.1 Å². The highest BCUT2D eigenvalue weighted by Gasteiger charge is 2.29. The molecule has 0 amide bonds. The van der Waals surface area contributed by atoms with Crippen LogP contribution in [0.1, 0.15) is 42.4 Å². The minimum Gasteiger partial charge on any atom is -0.375 e. The molecule has 0 spiro atoms. The Bertz CT molecular complexity index is 360. The van der Waals surface area contributed by atoms with E-state index in [0.717, 1.165) is 12.8 Å². The van der Waals surface area contributed by atoms with Crippen LogP contribution in [0.25, 0.3) is 0 Å². The van der Waals surface area contributed by atoms with Crippen LogP contribution in [0, 0.1) is 13.8 Å². The molecule has 1 aromatic carbocycles. The minimum atomic E-state index is -0.0589. The van der Waals surface area contributed by atoms with Gasteiger partial charge in [0.25, 0.3) is 0 Å². The van der Waals surface area contributed by atoms with E-state index in [1.165, 1.54) is 29.5 Å². The van der Waals surface area contributed by atoms with Gasteiger partial charge in [0, 0.05) is 5.54 Å². The fraction of sp³-hybridized carbons (Fsp3) is 0.600.